The van der Waals surface area contributed by atoms with Crippen LogP contribution in [-0.4, -0.2) is 42.0 Å². The van der Waals surface area contributed by atoms with Crippen LogP contribution in [0.3, 0.4) is 0 Å². The van der Waals surface area contributed by atoms with Crippen LogP contribution < -0.4 is 0 Å². The Labute approximate surface area is 168 Å². The van der Waals surface area contributed by atoms with Crippen LogP contribution in [0.25, 0.3) is 0 Å². The molecule has 2 aromatic rings. The molecular weight excluding hydrogens is 400 g/mol. The molecule has 0 N–H and O–H groups in total. The monoisotopic (exact) mass is 418 g/mol. The second-order valence-corrected chi connectivity index (χ2v) is 9.15. The zero-order valence-corrected chi connectivity index (χ0v) is 16.8. The number of carbonyl (C=O) groups is 2. The van der Waals surface area contributed by atoms with Gasteiger partial charge < -0.3 is 4.90 Å². The molecule has 1 aliphatic heterocycles. The van der Waals surface area contributed by atoms with Gasteiger partial charge >= 0.3 is 0 Å². The van der Waals surface area contributed by atoms with Crippen LogP contribution in [0, 0.1) is 0 Å². The second-order valence-electron chi connectivity index (χ2n) is 6.96. The average molecular weight is 419 g/mol. The molecular formula is C20H19ClN2O4S. The molecule has 4 rings (SSSR count). The van der Waals surface area contributed by atoms with Crippen LogP contribution in [0.2, 0.25) is 5.02 Å². The zero-order valence-electron chi connectivity index (χ0n) is 15.3. The van der Waals surface area contributed by atoms with Crippen LogP contribution in [0.5, 0.6) is 0 Å². The van der Waals surface area contributed by atoms with Gasteiger partial charge in [-0.15, -0.1) is 0 Å². The third-order valence-corrected chi connectivity index (χ3v) is 7.31. The van der Waals surface area contributed by atoms with Gasteiger partial charge in [-0.25, -0.2) is 12.7 Å². The van der Waals surface area contributed by atoms with Crippen molar-refractivity contribution in [1.29, 1.82) is 0 Å². The van der Waals surface area contributed by atoms with E-state index in [1.807, 2.05) is 25.1 Å². The lowest BCUT2D eigenvalue weighted by molar-refractivity contribution is 0.0751. The Morgan fingerprint density at radius 2 is 1.93 bits per heavy atom. The highest BCUT2D eigenvalue weighted by Gasteiger charge is 2.48. The molecule has 1 aliphatic carbocycles. The van der Waals surface area contributed by atoms with Gasteiger partial charge in [0.05, 0.1) is 5.56 Å². The summed E-state index contributed by atoms with van der Waals surface area (Å²) in [6.07, 6.45) is 1.37. The SMILES string of the molecule is CCN(Cc1ccccc1Cl)C(=O)c1ccc2c(c1)S(=O)(=O)N(C1CC1)C2=O. The van der Waals surface area contributed by atoms with Crippen molar-refractivity contribution in [2.45, 2.75) is 37.2 Å². The number of benzene rings is 2. The van der Waals surface area contributed by atoms with Crippen molar-refractivity contribution >= 4 is 33.4 Å². The van der Waals surface area contributed by atoms with Gasteiger partial charge in [-0.1, -0.05) is 29.8 Å². The van der Waals surface area contributed by atoms with Crippen molar-refractivity contribution in [2.24, 2.45) is 0 Å². The third kappa shape index (κ3) is 3.08. The molecule has 28 heavy (non-hydrogen) atoms. The van der Waals surface area contributed by atoms with Crippen molar-refractivity contribution in [2.75, 3.05) is 6.54 Å². The Morgan fingerprint density at radius 1 is 1.21 bits per heavy atom. The Kier molecular flexibility index (Phi) is 4.67. The van der Waals surface area contributed by atoms with Gasteiger partial charge in [0.1, 0.15) is 4.90 Å². The van der Waals surface area contributed by atoms with E-state index in [0.29, 0.717) is 31.0 Å². The van der Waals surface area contributed by atoms with Gasteiger partial charge in [0.25, 0.3) is 21.8 Å². The fourth-order valence-corrected chi connectivity index (χ4v) is 5.43. The van der Waals surface area contributed by atoms with Gasteiger partial charge in [0, 0.05) is 29.7 Å². The fraction of sp³-hybridized carbons (Fsp3) is 0.300. The van der Waals surface area contributed by atoms with Crippen LogP contribution in [0.15, 0.2) is 47.4 Å². The number of carbonyl (C=O) groups excluding carboxylic acids is 2. The lowest BCUT2D eigenvalue weighted by atomic mass is 10.1. The topological polar surface area (TPSA) is 74.8 Å². The highest BCUT2D eigenvalue weighted by Crippen LogP contribution is 2.39. The van der Waals surface area contributed by atoms with Gasteiger partial charge in [-0.3, -0.25) is 9.59 Å². The second kappa shape index (κ2) is 6.90. The Morgan fingerprint density at radius 3 is 2.57 bits per heavy atom. The number of rotatable bonds is 5. The predicted octanol–water partition coefficient (Wildman–Crippen LogP) is 3.31. The minimum Gasteiger partial charge on any atom is -0.335 e. The molecule has 0 spiro atoms. The molecule has 2 aromatic carbocycles. The molecule has 0 radical (unpaired) electrons. The molecule has 2 amide bonds. The Bertz CT molecular complexity index is 1080. The van der Waals surface area contributed by atoms with E-state index in [1.165, 1.54) is 18.2 Å². The predicted molar refractivity (Wildman–Crippen MR) is 105 cm³/mol. The maximum absolute atomic E-state index is 13.0. The van der Waals surface area contributed by atoms with Crippen LogP contribution in [0.4, 0.5) is 0 Å². The van der Waals surface area contributed by atoms with Crippen LogP contribution in [0.1, 0.15) is 46.0 Å². The first-order valence-corrected chi connectivity index (χ1v) is 10.9. The number of fused-ring (bicyclic) bond motifs is 1. The van der Waals surface area contributed by atoms with Gasteiger partial charge in [-0.05, 0) is 49.6 Å². The van der Waals surface area contributed by atoms with Gasteiger partial charge in [0.2, 0.25) is 0 Å². The minimum atomic E-state index is -3.89. The van der Waals surface area contributed by atoms with E-state index in [0.717, 1.165) is 9.87 Å². The summed E-state index contributed by atoms with van der Waals surface area (Å²) in [6.45, 7) is 2.59. The number of sulfonamides is 1. The highest BCUT2D eigenvalue weighted by molar-refractivity contribution is 7.90. The molecule has 1 fully saturated rings. The molecule has 0 aromatic heterocycles. The average Bonchev–Trinajstić information content (AvgIpc) is 3.48. The molecule has 0 bridgehead atoms. The maximum atomic E-state index is 13.0. The summed E-state index contributed by atoms with van der Waals surface area (Å²) in [6, 6.07) is 11.3. The lowest BCUT2D eigenvalue weighted by Crippen LogP contribution is -2.32. The van der Waals surface area contributed by atoms with E-state index >= 15 is 0 Å². The molecule has 1 saturated carbocycles. The van der Waals surface area contributed by atoms with Crippen molar-refractivity contribution in [1.82, 2.24) is 9.21 Å². The number of hydrogen-bond donors (Lipinski definition) is 0. The molecule has 6 nitrogen and oxygen atoms in total. The summed E-state index contributed by atoms with van der Waals surface area (Å²) < 4.78 is 26.5. The van der Waals surface area contributed by atoms with Crippen LogP contribution >= 0.6 is 11.6 Å². The minimum absolute atomic E-state index is 0.0796. The summed E-state index contributed by atoms with van der Waals surface area (Å²) in [5, 5.41) is 0.566. The molecule has 2 aliphatic rings. The largest absolute Gasteiger partial charge is 0.335 e. The summed E-state index contributed by atoms with van der Waals surface area (Å²) in [5.41, 5.74) is 1.18. The fourth-order valence-electron chi connectivity index (χ4n) is 3.39. The van der Waals surface area contributed by atoms with Crippen molar-refractivity contribution < 1.29 is 18.0 Å². The van der Waals surface area contributed by atoms with Crippen molar-refractivity contribution in [3.8, 4) is 0 Å². The standard InChI is InChI=1S/C20H19ClN2O4S/c1-2-22(12-14-5-3-4-6-17(14)21)19(24)13-7-10-16-18(11-13)28(26,27)23(20(16)25)15-8-9-15/h3-7,10-11,15H,2,8-9,12H2,1H3. The first-order valence-electron chi connectivity index (χ1n) is 9.10. The number of nitrogens with zero attached hydrogens (tertiary/aromatic N) is 2. The molecule has 8 heteroatoms. The maximum Gasteiger partial charge on any atom is 0.269 e. The van der Waals surface area contributed by atoms with E-state index in [4.69, 9.17) is 11.6 Å². The number of halogens is 1. The quantitative estimate of drug-likeness (QED) is 0.746. The molecule has 0 atom stereocenters. The summed E-state index contributed by atoms with van der Waals surface area (Å²) in [4.78, 5) is 27.0. The molecule has 1 heterocycles. The van der Waals surface area contributed by atoms with Gasteiger partial charge in [-0.2, -0.15) is 0 Å². The third-order valence-electron chi connectivity index (χ3n) is 5.06. The van der Waals surface area contributed by atoms with Crippen molar-refractivity contribution in [3.63, 3.8) is 0 Å². The van der Waals surface area contributed by atoms with E-state index in [-0.39, 0.29) is 28.0 Å². The summed E-state index contributed by atoms with van der Waals surface area (Å²) in [7, 11) is -3.89. The molecule has 0 unspecified atom stereocenters. The first kappa shape index (κ1) is 19.0. The summed E-state index contributed by atoms with van der Waals surface area (Å²) in [5.74, 6) is -0.808. The molecule has 0 saturated heterocycles. The Balaban J connectivity index is 1.65. The van der Waals surface area contributed by atoms with E-state index < -0.39 is 15.9 Å². The van der Waals surface area contributed by atoms with Crippen LogP contribution in [-0.2, 0) is 16.6 Å². The van der Waals surface area contributed by atoms with Crippen molar-refractivity contribution in [3.05, 3.63) is 64.2 Å². The van der Waals surface area contributed by atoms with Gasteiger partial charge in [0.15, 0.2) is 0 Å². The lowest BCUT2D eigenvalue weighted by Gasteiger charge is -2.22. The molecule has 146 valence electrons. The van der Waals surface area contributed by atoms with E-state index in [2.05, 4.69) is 0 Å². The number of hydrogen-bond acceptors (Lipinski definition) is 4. The highest BCUT2D eigenvalue weighted by atomic mass is 35.5. The first-order chi connectivity index (χ1) is 13.3. The normalized spacial score (nSPS) is 17.5. The zero-order chi connectivity index (χ0) is 20.1. The number of amides is 2. The Hall–Kier alpha value is -2.38. The smallest absolute Gasteiger partial charge is 0.269 e. The van der Waals surface area contributed by atoms with E-state index in [9.17, 15) is 18.0 Å². The van der Waals surface area contributed by atoms with E-state index in [1.54, 1.807) is 11.0 Å². The summed E-state index contributed by atoms with van der Waals surface area (Å²) >= 11 is 6.20.